The number of benzene rings is 4. The number of aromatic amines is 1. The number of ether oxygens (including phenoxy) is 2. The number of aromatic nitrogens is 2. The Morgan fingerprint density at radius 1 is 0.727 bits per heavy atom. The molecular weight excluding hydrogens is 699 g/mol. The number of carbonyl (C=O) groups excluding carboxylic acids is 5. The molecule has 4 aromatic carbocycles. The molecule has 0 aliphatic rings. The lowest BCUT2D eigenvalue weighted by Gasteiger charge is -2.28. The Hall–Kier alpha value is -6.30. The van der Waals surface area contributed by atoms with Crippen molar-refractivity contribution < 1.29 is 33.4 Å². The second kappa shape index (κ2) is 20.2. The molecule has 55 heavy (non-hydrogen) atoms. The summed E-state index contributed by atoms with van der Waals surface area (Å²) < 4.78 is 10.9. The Morgan fingerprint density at radius 2 is 1.35 bits per heavy atom. The number of imidazole rings is 1. The van der Waals surface area contributed by atoms with Crippen LogP contribution in [0.3, 0.4) is 0 Å². The smallest absolute Gasteiger partial charge is 0.408 e. The monoisotopic (exact) mass is 745 g/mol. The zero-order valence-electron chi connectivity index (χ0n) is 31.0. The number of rotatable bonds is 19. The third-order valence-corrected chi connectivity index (χ3v) is 9.12. The number of carbonyl (C=O) groups is 5. The molecule has 12 heteroatoms. The lowest BCUT2D eigenvalue weighted by molar-refractivity contribution is -0.147. The first kappa shape index (κ1) is 39.9. The van der Waals surface area contributed by atoms with Crippen LogP contribution in [-0.2, 0) is 54.7 Å². The van der Waals surface area contributed by atoms with Gasteiger partial charge in [0.1, 0.15) is 31.6 Å². The molecule has 0 saturated carbocycles. The standard InChI is InChI=1S/C43H47N5O7/c1-29(2)20-37(34(25-49)22-40(50)54-26-30-12-5-3-6-13-30)46-42(52)39(23-35-24-44-28-45-35)47-41(51)38(48-43(53)55-27-31-14-7-4-8-15-31)21-33-18-11-17-32-16-9-10-19-36(32)33/h3-19,24-25,28-29,34,37-39H,20-23,26-27H2,1-2H3,(H,44,45)(H,46,52)(H,47,51)(H,48,53)/t34-,37+,38+,39?/m1/s1. The maximum atomic E-state index is 14.2. The SMILES string of the molecule is CC(C)C[C@H](NC(=O)C(Cc1c[nH]cn1)NC(=O)[C@H](Cc1cccc2ccccc12)NC(=O)OCc1ccccc1)[C@@H](C=O)CC(=O)OCc1ccccc1. The van der Waals surface area contributed by atoms with Crippen molar-refractivity contribution in [1.29, 1.82) is 0 Å². The lowest BCUT2D eigenvalue weighted by Crippen LogP contribution is -2.57. The highest BCUT2D eigenvalue weighted by atomic mass is 16.5. The summed E-state index contributed by atoms with van der Waals surface area (Å²) in [5.74, 6) is -2.63. The Bertz CT molecular complexity index is 2000. The third-order valence-electron chi connectivity index (χ3n) is 9.12. The van der Waals surface area contributed by atoms with Crippen LogP contribution in [0.25, 0.3) is 10.8 Å². The Morgan fingerprint density at radius 3 is 2.00 bits per heavy atom. The van der Waals surface area contributed by atoms with Gasteiger partial charge in [0.15, 0.2) is 0 Å². The van der Waals surface area contributed by atoms with Gasteiger partial charge in [-0.2, -0.15) is 0 Å². The van der Waals surface area contributed by atoms with Crippen LogP contribution in [0.1, 0.15) is 49.1 Å². The van der Waals surface area contributed by atoms with Gasteiger partial charge in [-0.1, -0.05) is 117 Å². The summed E-state index contributed by atoms with van der Waals surface area (Å²) in [6.45, 7) is 3.93. The minimum absolute atomic E-state index is 0.000212. The first-order valence-electron chi connectivity index (χ1n) is 18.4. The molecule has 1 heterocycles. The molecule has 4 N–H and O–H groups in total. The lowest BCUT2D eigenvalue weighted by atomic mass is 9.90. The molecule has 1 unspecified atom stereocenters. The van der Waals surface area contributed by atoms with Crippen molar-refractivity contribution in [2.24, 2.45) is 11.8 Å². The molecule has 5 aromatic rings. The predicted octanol–water partition coefficient (Wildman–Crippen LogP) is 5.61. The fraction of sp³-hybridized carbons (Fsp3) is 0.302. The molecule has 1 aromatic heterocycles. The van der Waals surface area contributed by atoms with E-state index >= 15 is 0 Å². The number of hydrogen-bond donors (Lipinski definition) is 4. The number of fused-ring (bicyclic) bond motifs is 1. The normalized spacial score (nSPS) is 13.2. The molecule has 0 saturated heterocycles. The Labute approximate surface area is 320 Å². The average Bonchev–Trinajstić information content (AvgIpc) is 3.71. The van der Waals surface area contributed by atoms with Crippen molar-refractivity contribution >= 4 is 40.9 Å². The van der Waals surface area contributed by atoms with Gasteiger partial charge in [-0.15, -0.1) is 0 Å². The van der Waals surface area contributed by atoms with Gasteiger partial charge in [-0.05, 0) is 39.8 Å². The van der Waals surface area contributed by atoms with Crippen LogP contribution < -0.4 is 16.0 Å². The van der Waals surface area contributed by atoms with Crippen molar-refractivity contribution in [2.75, 3.05) is 0 Å². The van der Waals surface area contributed by atoms with Gasteiger partial charge in [0.25, 0.3) is 0 Å². The van der Waals surface area contributed by atoms with E-state index in [1.165, 1.54) is 6.33 Å². The molecule has 5 rings (SSSR count). The van der Waals surface area contributed by atoms with E-state index in [9.17, 15) is 24.0 Å². The average molecular weight is 746 g/mol. The second-order valence-electron chi connectivity index (χ2n) is 13.8. The molecule has 286 valence electrons. The summed E-state index contributed by atoms with van der Waals surface area (Å²) in [4.78, 5) is 73.9. The van der Waals surface area contributed by atoms with Crippen LogP contribution in [0, 0.1) is 11.8 Å². The molecule has 0 aliphatic carbocycles. The maximum Gasteiger partial charge on any atom is 0.408 e. The number of nitrogens with one attached hydrogen (secondary N) is 4. The summed E-state index contributed by atoms with van der Waals surface area (Å²) in [6, 6.07) is 28.7. The van der Waals surface area contributed by atoms with Crippen molar-refractivity contribution in [3.05, 3.63) is 138 Å². The number of amides is 3. The highest BCUT2D eigenvalue weighted by molar-refractivity contribution is 5.93. The van der Waals surface area contributed by atoms with Crippen LogP contribution in [0.15, 0.2) is 116 Å². The second-order valence-corrected chi connectivity index (χ2v) is 13.8. The zero-order valence-corrected chi connectivity index (χ0v) is 31.0. The van der Waals surface area contributed by atoms with E-state index in [1.807, 2.05) is 117 Å². The van der Waals surface area contributed by atoms with Gasteiger partial charge < -0.3 is 35.2 Å². The van der Waals surface area contributed by atoms with Gasteiger partial charge in [0.05, 0.1) is 18.4 Å². The summed E-state index contributed by atoms with van der Waals surface area (Å²) >= 11 is 0. The fourth-order valence-electron chi connectivity index (χ4n) is 6.31. The predicted molar refractivity (Wildman–Crippen MR) is 207 cm³/mol. The van der Waals surface area contributed by atoms with E-state index in [0.29, 0.717) is 18.4 Å². The van der Waals surface area contributed by atoms with Gasteiger partial charge in [-0.25, -0.2) is 9.78 Å². The summed E-state index contributed by atoms with van der Waals surface area (Å²) in [5.41, 5.74) is 2.88. The molecule has 4 atom stereocenters. The van der Waals surface area contributed by atoms with Gasteiger partial charge in [0, 0.05) is 31.0 Å². The molecule has 0 fully saturated rings. The quantitative estimate of drug-likeness (QED) is 0.0625. The largest absolute Gasteiger partial charge is 0.461 e. The van der Waals surface area contributed by atoms with E-state index in [-0.39, 0.29) is 38.4 Å². The van der Waals surface area contributed by atoms with Crippen LogP contribution >= 0.6 is 0 Å². The van der Waals surface area contributed by atoms with E-state index < -0.39 is 47.9 Å². The minimum Gasteiger partial charge on any atom is -0.461 e. The molecule has 0 spiro atoms. The summed E-state index contributed by atoms with van der Waals surface area (Å²) in [6.07, 6.45) is 3.16. The Kier molecular flexibility index (Phi) is 14.7. The van der Waals surface area contributed by atoms with Crippen molar-refractivity contribution in [3.63, 3.8) is 0 Å². The molecule has 0 bridgehead atoms. The molecular formula is C43H47N5O7. The molecule has 0 aliphatic heterocycles. The third kappa shape index (κ3) is 12.4. The first-order valence-corrected chi connectivity index (χ1v) is 18.4. The fourth-order valence-corrected chi connectivity index (χ4v) is 6.31. The number of nitrogens with zero attached hydrogens (tertiary/aromatic N) is 1. The van der Waals surface area contributed by atoms with Crippen LogP contribution in [0.2, 0.25) is 0 Å². The summed E-state index contributed by atoms with van der Waals surface area (Å²) in [5, 5.41) is 10.4. The zero-order chi connectivity index (χ0) is 39.0. The van der Waals surface area contributed by atoms with E-state index in [1.54, 1.807) is 6.20 Å². The number of aldehydes is 1. The molecule has 12 nitrogen and oxygen atoms in total. The van der Waals surface area contributed by atoms with E-state index in [4.69, 9.17) is 9.47 Å². The van der Waals surface area contributed by atoms with Gasteiger partial charge >= 0.3 is 12.1 Å². The summed E-state index contributed by atoms with van der Waals surface area (Å²) in [7, 11) is 0. The molecule has 3 amide bonds. The van der Waals surface area contributed by atoms with Crippen molar-refractivity contribution in [1.82, 2.24) is 25.9 Å². The topological polar surface area (TPSA) is 169 Å². The van der Waals surface area contributed by atoms with Crippen molar-refractivity contribution in [3.8, 4) is 0 Å². The van der Waals surface area contributed by atoms with Gasteiger partial charge in [-0.3, -0.25) is 14.4 Å². The number of H-pyrrole nitrogens is 1. The number of alkyl carbamates (subject to hydrolysis) is 1. The first-order chi connectivity index (χ1) is 26.7. The maximum absolute atomic E-state index is 14.2. The number of esters is 1. The number of hydrogen-bond acceptors (Lipinski definition) is 8. The minimum atomic E-state index is -1.17. The Balaban J connectivity index is 1.34. The van der Waals surface area contributed by atoms with Crippen LogP contribution in [0.5, 0.6) is 0 Å². The molecule has 0 radical (unpaired) electrons. The highest BCUT2D eigenvalue weighted by Crippen LogP contribution is 2.21. The highest BCUT2D eigenvalue weighted by Gasteiger charge is 2.32. The van der Waals surface area contributed by atoms with Crippen LogP contribution in [-0.4, -0.2) is 58.3 Å². The van der Waals surface area contributed by atoms with Crippen molar-refractivity contribution in [2.45, 2.75) is 70.9 Å². The van der Waals surface area contributed by atoms with E-state index in [0.717, 1.165) is 27.5 Å². The van der Waals surface area contributed by atoms with E-state index in [2.05, 4.69) is 25.9 Å². The van der Waals surface area contributed by atoms with Gasteiger partial charge in [0.2, 0.25) is 11.8 Å². The van der Waals surface area contributed by atoms with Crippen LogP contribution in [0.4, 0.5) is 4.79 Å².